The standard InChI is InChI=1S/C21H31N3O5/c1-15-20(28-16(2)25)19(8-13-27-15)22-21(26)29-18-6-4-17(5-7-18)14-24-11-9-23(3)10-12-24/h4-7,15,19-20H,8-14H2,1-3H3,(H,22,26)/t15-,19-,20+/m0/s1. The number of benzene rings is 1. The van der Waals surface area contributed by atoms with Crippen LogP contribution < -0.4 is 10.1 Å². The van der Waals surface area contributed by atoms with Gasteiger partial charge in [0.2, 0.25) is 0 Å². The maximum atomic E-state index is 12.3. The van der Waals surface area contributed by atoms with Crippen LogP contribution in [-0.2, 0) is 20.8 Å². The topological polar surface area (TPSA) is 80.3 Å². The van der Waals surface area contributed by atoms with Gasteiger partial charge in [0.05, 0.1) is 12.1 Å². The van der Waals surface area contributed by atoms with Crippen LogP contribution in [0.15, 0.2) is 24.3 Å². The lowest BCUT2D eigenvalue weighted by atomic mass is 10.0. The van der Waals surface area contributed by atoms with E-state index in [0.29, 0.717) is 18.8 Å². The molecule has 1 N–H and O–H groups in total. The van der Waals surface area contributed by atoms with Gasteiger partial charge in [0, 0.05) is 46.3 Å². The van der Waals surface area contributed by atoms with Crippen molar-refractivity contribution < 1.29 is 23.8 Å². The molecule has 8 nitrogen and oxygen atoms in total. The lowest BCUT2D eigenvalue weighted by molar-refractivity contribution is -0.163. The van der Waals surface area contributed by atoms with Crippen LogP contribution in [0.4, 0.5) is 4.79 Å². The smallest absolute Gasteiger partial charge is 0.412 e. The maximum Gasteiger partial charge on any atom is 0.412 e. The molecule has 1 amide bonds. The Morgan fingerprint density at radius 2 is 1.86 bits per heavy atom. The molecule has 3 rings (SSSR count). The summed E-state index contributed by atoms with van der Waals surface area (Å²) < 4.78 is 16.3. The zero-order valence-corrected chi connectivity index (χ0v) is 17.4. The maximum absolute atomic E-state index is 12.3. The predicted octanol–water partition coefficient (Wildman–Crippen LogP) is 1.63. The largest absolute Gasteiger partial charge is 0.458 e. The summed E-state index contributed by atoms with van der Waals surface area (Å²) in [5, 5.41) is 2.81. The van der Waals surface area contributed by atoms with Crippen LogP contribution in [-0.4, -0.2) is 79.9 Å². The molecule has 0 aromatic heterocycles. The number of carbonyl (C=O) groups excluding carboxylic acids is 2. The molecule has 1 aromatic carbocycles. The first-order chi connectivity index (χ1) is 13.9. The molecule has 2 fully saturated rings. The van der Waals surface area contributed by atoms with E-state index < -0.39 is 18.2 Å². The Morgan fingerprint density at radius 3 is 2.52 bits per heavy atom. The fourth-order valence-corrected chi connectivity index (χ4v) is 3.71. The highest BCUT2D eigenvalue weighted by Crippen LogP contribution is 2.19. The van der Waals surface area contributed by atoms with Crippen LogP contribution in [0.25, 0.3) is 0 Å². The second-order valence-electron chi connectivity index (χ2n) is 7.80. The first-order valence-corrected chi connectivity index (χ1v) is 10.2. The summed E-state index contributed by atoms with van der Waals surface area (Å²) in [4.78, 5) is 28.4. The Hall–Kier alpha value is -2.16. The van der Waals surface area contributed by atoms with Gasteiger partial charge < -0.3 is 24.4 Å². The molecule has 2 heterocycles. The van der Waals surface area contributed by atoms with Gasteiger partial charge in [-0.3, -0.25) is 9.69 Å². The van der Waals surface area contributed by atoms with Gasteiger partial charge in [0.25, 0.3) is 0 Å². The zero-order valence-electron chi connectivity index (χ0n) is 17.4. The molecule has 2 aliphatic rings. The van der Waals surface area contributed by atoms with Crippen LogP contribution in [0, 0.1) is 0 Å². The van der Waals surface area contributed by atoms with Gasteiger partial charge in [-0.1, -0.05) is 12.1 Å². The van der Waals surface area contributed by atoms with E-state index in [1.54, 1.807) is 12.1 Å². The normalized spacial score (nSPS) is 26.0. The van der Waals surface area contributed by atoms with Crippen molar-refractivity contribution in [2.45, 2.75) is 45.1 Å². The molecule has 0 saturated carbocycles. The summed E-state index contributed by atoms with van der Waals surface area (Å²) in [6, 6.07) is 7.24. The van der Waals surface area contributed by atoms with E-state index >= 15 is 0 Å². The monoisotopic (exact) mass is 405 g/mol. The van der Waals surface area contributed by atoms with Crippen molar-refractivity contribution in [3.05, 3.63) is 29.8 Å². The van der Waals surface area contributed by atoms with Gasteiger partial charge >= 0.3 is 12.1 Å². The number of ether oxygens (including phenoxy) is 3. The Balaban J connectivity index is 1.50. The van der Waals surface area contributed by atoms with Crippen molar-refractivity contribution in [2.24, 2.45) is 0 Å². The van der Waals surface area contributed by atoms with E-state index in [2.05, 4.69) is 22.2 Å². The number of esters is 1. The molecule has 0 radical (unpaired) electrons. The van der Waals surface area contributed by atoms with Crippen molar-refractivity contribution in [3.8, 4) is 5.75 Å². The average Bonchev–Trinajstić information content (AvgIpc) is 2.68. The Kier molecular flexibility index (Phi) is 7.46. The lowest BCUT2D eigenvalue weighted by Crippen LogP contribution is -2.54. The second-order valence-corrected chi connectivity index (χ2v) is 7.80. The van der Waals surface area contributed by atoms with E-state index in [0.717, 1.165) is 32.7 Å². The summed E-state index contributed by atoms with van der Waals surface area (Å²) in [6.07, 6.45) is -0.818. The molecule has 29 heavy (non-hydrogen) atoms. The third-order valence-corrected chi connectivity index (χ3v) is 5.41. The van der Waals surface area contributed by atoms with E-state index in [1.165, 1.54) is 12.5 Å². The highest BCUT2D eigenvalue weighted by molar-refractivity contribution is 5.71. The molecule has 0 bridgehead atoms. The predicted molar refractivity (Wildman–Crippen MR) is 108 cm³/mol. The van der Waals surface area contributed by atoms with Crippen molar-refractivity contribution in [1.29, 1.82) is 0 Å². The number of amides is 1. The molecule has 2 saturated heterocycles. The third-order valence-electron chi connectivity index (χ3n) is 5.41. The molecular formula is C21H31N3O5. The number of nitrogens with one attached hydrogen (secondary N) is 1. The Morgan fingerprint density at radius 1 is 1.17 bits per heavy atom. The summed E-state index contributed by atoms with van der Waals surface area (Å²) >= 11 is 0. The summed E-state index contributed by atoms with van der Waals surface area (Å²) in [5.74, 6) is 0.0808. The SMILES string of the molecule is CC(=O)O[C@H]1[C@@H](NC(=O)Oc2ccc(CN3CCN(C)CC3)cc2)CCO[C@H]1C. The van der Waals surface area contributed by atoms with Crippen LogP contribution in [0.3, 0.4) is 0 Å². The molecule has 1 aromatic rings. The number of hydrogen-bond donors (Lipinski definition) is 1. The summed E-state index contributed by atoms with van der Waals surface area (Å²) in [6.45, 7) is 8.84. The first kappa shape index (κ1) is 21.5. The van der Waals surface area contributed by atoms with Crippen LogP contribution in [0.1, 0.15) is 25.8 Å². The second kappa shape index (κ2) is 10.0. The third kappa shape index (κ3) is 6.42. The van der Waals surface area contributed by atoms with Gasteiger partial charge in [0.15, 0.2) is 0 Å². The number of rotatable bonds is 5. The van der Waals surface area contributed by atoms with Crippen LogP contribution in [0.2, 0.25) is 0 Å². The van der Waals surface area contributed by atoms with Gasteiger partial charge in [-0.15, -0.1) is 0 Å². The number of nitrogens with zero attached hydrogens (tertiary/aromatic N) is 2. The van der Waals surface area contributed by atoms with Gasteiger partial charge in [-0.05, 0) is 38.1 Å². The minimum atomic E-state index is -0.562. The highest BCUT2D eigenvalue weighted by atomic mass is 16.6. The number of carbonyl (C=O) groups is 2. The number of hydrogen-bond acceptors (Lipinski definition) is 7. The molecular weight excluding hydrogens is 374 g/mol. The first-order valence-electron chi connectivity index (χ1n) is 10.2. The van der Waals surface area contributed by atoms with Crippen molar-refractivity contribution in [1.82, 2.24) is 15.1 Å². The molecule has 2 aliphatic heterocycles. The zero-order chi connectivity index (χ0) is 20.8. The quantitative estimate of drug-likeness (QED) is 0.746. The minimum absolute atomic E-state index is 0.285. The molecule has 3 atom stereocenters. The van der Waals surface area contributed by atoms with Gasteiger partial charge in [0.1, 0.15) is 11.9 Å². The molecule has 0 spiro atoms. The Bertz CT molecular complexity index is 688. The molecule has 8 heteroatoms. The van der Waals surface area contributed by atoms with E-state index in [1.807, 2.05) is 19.1 Å². The van der Waals surface area contributed by atoms with Crippen molar-refractivity contribution in [2.75, 3.05) is 39.8 Å². The van der Waals surface area contributed by atoms with Crippen molar-refractivity contribution in [3.63, 3.8) is 0 Å². The summed E-state index contributed by atoms with van der Waals surface area (Å²) in [5.41, 5.74) is 1.19. The number of likely N-dealkylation sites (N-methyl/N-ethyl adjacent to an activating group) is 1. The lowest BCUT2D eigenvalue weighted by Gasteiger charge is -2.35. The van der Waals surface area contributed by atoms with Crippen LogP contribution in [0.5, 0.6) is 5.75 Å². The molecule has 160 valence electrons. The summed E-state index contributed by atoms with van der Waals surface area (Å²) in [7, 11) is 2.14. The van der Waals surface area contributed by atoms with Gasteiger partial charge in [-0.2, -0.15) is 0 Å². The number of piperazine rings is 1. The van der Waals surface area contributed by atoms with Crippen LogP contribution >= 0.6 is 0 Å². The minimum Gasteiger partial charge on any atom is -0.458 e. The molecule has 0 aliphatic carbocycles. The van der Waals surface area contributed by atoms with Crippen molar-refractivity contribution >= 4 is 12.1 Å². The average molecular weight is 405 g/mol. The van der Waals surface area contributed by atoms with Gasteiger partial charge in [-0.25, -0.2) is 4.79 Å². The highest BCUT2D eigenvalue weighted by Gasteiger charge is 2.35. The van der Waals surface area contributed by atoms with E-state index in [4.69, 9.17) is 14.2 Å². The van der Waals surface area contributed by atoms with E-state index in [-0.39, 0.29) is 12.1 Å². The fourth-order valence-electron chi connectivity index (χ4n) is 3.71. The van der Waals surface area contributed by atoms with E-state index in [9.17, 15) is 9.59 Å². The molecule has 0 unspecified atom stereocenters. The Labute approximate surface area is 172 Å². The fraction of sp³-hybridized carbons (Fsp3) is 0.619.